The number of rotatable bonds is 3. The topological polar surface area (TPSA) is 0 Å². The summed E-state index contributed by atoms with van der Waals surface area (Å²) in [6.07, 6.45) is 10.0. The maximum absolute atomic E-state index is 2.99. The molecule has 0 saturated heterocycles. The van der Waals surface area contributed by atoms with Crippen LogP contribution in [-0.4, -0.2) is 3.21 Å². The fourth-order valence-electron chi connectivity index (χ4n) is 6.20. The third-order valence-corrected chi connectivity index (χ3v) is 9.55. The second-order valence-electron chi connectivity index (χ2n) is 14.8. The Balaban J connectivity index is 0.000000247. The maximum atomic E-state index is 2.99. The predicted octanol–water partition coefficient (Wildman–Crippen LogP) is 13.0. The molecule has 0 N–H and O–H groups in total. The molecule has 0 bridgehead atoms. The van der Waals surface area contributed by atoms with E-state index in [1.54, 1.807) is 0 Å². The van der Waals surface area contributed by atoms with Gasteiger partial charge in [-0.05, 0) is 44.2 Å². The third kappa shape index (κ3) is 8.61. The van der Waals surface area contributed by atoms with E-state index in [0.29, 0.717) is 0 Å². The van der Waals surface area contributed by atoms with Crippen molar-refractivity contribution < 1.29 is 24.2 Å². The minimum atomic E-state index is 0.0554. The van der Waals surface area contributed by atoms with Crippen molar-refractivity contribution in [1.29, 1.82) is 0 Å². The first kappa shape index (κ1) is 35.5. The Labute approximate surface area is 303 Å². The summed E-state index contributed by atoms with van der Waals surface area (Å²) in [5, 5.41) is 5.36. The van der Waals surface area contributed by atoms with Crippen LogP contribution >= 0.6 is 0 Å². The van der Waals surface area contributed by atoms with E-state index in [1.807, 2.05) is 12.2 Å². The number of fused-ring (bicyclic) bond motifs is 3. The number of hydrogen-bond acceptors (Lipinski definition) is 0. The van der Waals surface area contributed by atoms with E-state index in [0.717, 1.165) is 6.42 Å². The van der Waals surface area contributed by atoms with Crippen LogP contribution in [-0.2, 0) is 35.1 Å². The van der Waals surface area contributed by atoms with Crippen LogP contribution in [0.2, 0.25) is 0 Å². The van der Waals surface area contributed by atoms with Crippen LogP contribution in [0.1, 0.15) is 77.1 Å². The van der Waals surface area contributed by atoms with Gasteiger partial charge in [0, 0.05) is 0 Å². The molecule has 7 rings (SSSR count). The molecule has 1 aliphatic carbocycles. The largest absolute Gasteiger partial charge is 0.273 e. The quantitative estimate of drug-likeness (QED) is 0.161. The molecule has 0 spiro atoms. The molecule has 240 valence electrons. The average Bonchev–Trinajstić information content (AvgIpc) is 3.76. The molecule has 0 nitrogen and oxygen atoms in total. The standard InChI is InChI=1S/C33H33.C9H10.C5H5.Zr/c1-32(2,3)30-20-26-24(18-28(30)22-13-9-7-10-14-22)17-25-19-29(23-15-11-8-12-16-23)31(21-27(25)26)33(4,5)6;1-3-9-6-4-8(2)5-7-9;1-2-4-5-3-1;/h7-21H,1-6H3;4-7H,1-2H3;1-3H,4H2;/q-1;;-1;+2. The zero-order chi connectivity index (χ0) is 34.5. The molecule has 0 aliphatic heterocycles. The summed E-state index contributed by atoms with van der Waals surface area (Å²) >= 11 is 1.51. The number of benzene rings is 5. The molecule has 48 heavy (non-hydrogen) atoms. The number of aryl methyl sites for hydroxylation is 1. The molecule has 1 heteroatoms. The van der Waals surface area contributed by atoms with Crippen molar-refractivity contribution in [1.82, 2.24) is 0 Å². The SMILES string of the molecule is CC(C)(C)c1cc2c(cc1-c1ccccc1)[cH-]c1cc(-c3ccccc3)c(C(C)(C)C)cc12.C[C](=[Zr+2])c1ccc(C)cc1.[C-]1=CC=CC1. The maximum Gasteiger partial charge on any atom is -0.109 e. The summed E-state index contributed by atoms with van der Waals surface area (Å²) < 4.78 is 1.46. The van der Waals surface area contributed by atoms with Crippen molar-refractivity contribution in [3.63, 3.8) is 0 Å². The third-order valence-electron chi connectivity index (χ3n) is 8.84. The van der Waals surface area contributed by atoms with Gasteiger partial charge in [0.15, 0.2) is 0 Å². The van der Waals surface area contributed by atoms with Crippen LogP contribution < -0.4 is 0 Å². The molecular formula is C47H48Zr. The van der Waals surface area contributed by atoms with Gasteiger partial charge in [-0.15, -0.1) is 46.2 Å². The van der Waals surface area contributed by atoms with Gasteiger partial charge >= 0.3 is 76.7 Å². The first-order valence-corrected chi connectivity index (χ1v) is 18.2. The van der Waals surface area contributed by atoms with Crippen molar-refractivity contribution in [3.05, 3.63) is 162 Å². The Morgan fingerprint density at radius 2 is 1.10 bits per heavy atom. The zero-order valence-electron chi connectivity index (χ0n) is 29.9. The van der Waals surface area contributed by atoms with Gasteiger partial charge in [0.2, 0.25) is 0 Å². The molecule has 0 atom stereocenters. The summed E-state index contributed by atoms with van der Waals surface area (Å²) in [6.45, 7) is 18.2. The summed E-state index contributed by atoms with van der Waals surface area (Å²) in [5.74, 6) is 0. The Morgan fingerprint density at radius 3 is 1.44 bits per heavy atom. The second kappa shape index (κ2) is 15.2. The Morgan fingerprint density at radius 1 is 0.646 bits per heavy atom. The Kier molecular flexibility index (Phi) is 11.2. The Bertz CT molecular complexity index is 1930. The van der Waals surface area contributed by atoms with E-state index in [2.05, 4.69) is 183 Å². The number of hydrogen-bond donors (Lipinski definition) is 0. The zero-order valence-corrected chi connectivity index (χ0v) is 32.4. The van der Waals surface area contributed by atoms with Crippen molar-refractivity contribution in [2.75, 3.05) is 0 Å². The first-order chi connectivity index (χ1) is 22.8. The minimum Gasteiger partial charge on any atom is -0.273 e. The molecule has 6 aromatic carbocycles. The van der Waals surface area contributed by atoms with Gasteiger partial charge in [-0.1, -0.05) is 114 Å². The van der Waals surface area contributed by atoms with Crippen LogP contribution in [0.25, 0.3) is 43.8 Å². The van der Waals surface area contributed by atoms with Crippen LogP contribution in [0.5, 0.6) is 0 Å². The normalized spacial score (nSPS) is 12.5. The van der Waals surface area contributed by atoms with Crippen molar-refractivity contribution in [2.24, 2.45) is 0 Å². The molecule has 0 aromatic heterocycles. The second-order valence-corrected chi connectivity index (χ2v) is 16.7. The van der Waals surface area contributed by atoms with Gasteiger partial charge in [-0.3, -0.25) is 6.08 Å². The van der Waals surface area contributed by atoms with Crippen LogP contribution in [0.4, 0.5) is 0 Å². The summed E-state index contributed by atoms with van der Waals surface area (Å²) in [5.41, 5.74) is 10.9. The van der Waals surface area contributed by atoms with E-state index in [1.165, 1.54) is 93.5 Å². The van der Waals surface area contributed by atoms with E-state index < -0.39 is 0 Å². The molecule has 0 fully saturated rings. The molecular weight excluding hydrogens is 656 g/mol. The number of allylic oxidation sites excluding steroid dienone is 4. The van der Waals surface area contributed by atoms with Gasteiger partial charge < -0.3 is 0 Å². The fraction of sp³-hybridized carbons (Fsp3) is 0.234. The summed E-state index contributed by atoms with van der Waals surface area (Å²) in [4.78, 5) is 0. The minimum absolute atomic E-state index is 0.0554. The van der Waals surface area contributed by atoms with Crippen molar-refractivity contribution in [2.45, 2.75) is 72.6 Å². The molecule has 0 saturated carbocycles. The van der Waals surface area contributed by atoms with Crippen LogP contribution in [0.15, 0.2) is 133 Å². The van der Waals surface area contributed by atoms with E-state index in [4.69, 9.17) is 0 Å². The smallest absolute Gasteiger partial charge is 0.109 e. The van der Waals surface area contributed by atoms with E-state index >= 15 is 0 Å². The molecule has 0 radical (unpaired) electrons. The van der Waals surface area contributed by atoms with Crippen molar-refractivity contribution in [3.8, 4) is 22.3 Å². The van der Waals surface area contributed by atoms with Crippen molar-refractivity contribution >= 4 is 24.8 Å². The van der Waals surface area contributed by atoms with E-state index in [-0.39, 0.29) is 10.8 Å². The van der Waals surface area contributed by atoms with Gasteiger partial charge in [-0.2, -0.15) is 6.08 Å². The van der Waals surface area contributed by atoms with Gasteiger partial charge in [-0.25, -0.2) is 12.2 Å². The molecule has 0 heterocycles. The van der Waals surface area contributed by atoms with Crippen LogP contribution in [0.3, 0.4) is 0 Å². The van der Waals surface area contributed by atoms with Gasteiger partial charge in [0.1, 0.15) is 0 Å². The first-order valence-electron chi connectivity index (χ1n) is 17.0. The monoisotopic (exact) mass is 702 g/mol. The molecule has 6 aromatic rings. The molecule has 0 amide bonds. The van der Waals surface area contributed by atoms with Crippen LogP contribution in [0, 0.1) is 13.0 Å². The molecule has 1 aliphatic rings. The molecule has 0 unspecified atom stereocenters. The summed E-state index contributed by atoms with van der Waals surface area (Å²) in [7, 11) is 0. The average molecular weight is 704 g/mol. The fourth-order valence-corrected chi connectivity index (χ4v) is 6.61. The van der Waals surface area contributed by atoms with E-state index in [9.17, 15) is 0 Å². The van der Waals surface area contributed by atoms with Gasteiger partial charge in [0.25, 0.3) is 0 Å². The predicted molar refractivity (Wildman–Crippen MR) is 208 cm³/mol. The Hall–Kier alpha value is -3.80. The van der Waals surface area contributed by atoms with Gasteiger partial charge in [0.05, 0.1) is 0 Å². The summed E-state index contributed by atoms with van der Waals surface area (Å²) in [6, 6.07) is 42.4.